The number of aromatic nitrogens is 3. The third kappa shape index (κ3) is 3.82. The lowest BCUT2D eigenvalue weighted by molar-refractivity contribution is 0.0952. The molecule has 0 bridgehead atoms. The summed E-state index contributed by atoms with van der Waals surface area (Å²) in [5.74, 6) is -0.621. The van der Waals surface area contributed by atoms with Crippen molar-refractivity contribution in [3.8, 4) is 17.3 Å². The van der Waals surface area contributed by atoms with E-state index in [-0.39, 0.29) is 30.4 Å². The average Bonchev–Trinajstić information content (AvgIpc) is 3.21. The number of halogens is 1. The summed E-state index contributed by atoms with van der Waals surface area (Å²) in [6, 6.07) is 15.9. The van der Waals surface area contributed by atoms with Crippen molar-refractivity contribution in [2.24, 2.45) is 0 Å². The molecule has 0 saturated carbocycles. The molecule has 0 aliphatic rings. The number of hydrogen-bond donors (Lipinski definition) is 1. The maximum Gasteiger partial charge on any atom is 0.276 e. The topological polar surface area (TPSA) is 92.2 Å². The monoisotopic (exact) mass is 401 g/mol. The zero-order chi connectivity index (χ0) is 21.1. The summed E-state index contributed by atoms with van der Waals surface area (Å²) in [5.41, 5.74) is 2.34. The molecule has 0 aliphatic heterocycles. The van der Waals surface area contributed by atoms with Gasteiger partial charge in [0.15, 0.2) is 0 Å². The van der Waals surface area contributed by atoms with Gasteiger partial charge in [-0.15, -0.1) is 0 Å². The van der Waals surface area contributed by atoms with E-state index in [2.05, 4.69) is 10.4 Å². The summed E-state index contributed by atoms with van der Waals surface area (Å²) in [5, 5.41) is 15.9. The van der Waals surface area contributed by atoms with E-state index in [0.717, 1.165) is 0 Å². The van der Waals surface area contributed by atoms with E-state index in [1.54, 1.807) is 54.9 Å². The standard InChI is InChI=1S/C22H16FN5O2/c23-18-7-5-16(6-8-18)19-13-20-22(30)27(11-12-28(20)26-19)10-9-25-21(29)17-3-1-15(14-24)2-4-17/h1-8,11-13H,9-10H2,(H,25,29). The summed E-state index contributed by atoms with van der Waals surface area (Å²) in [7, 11) is 0. The van der Waals surface area contributed by atoms with Gasteiger partial charge in [-0.05, 0) is 54.6 Å². The molecule has 1 amide bonds. The van der Waals surface area contributed by atoms with Gasteiger partial charge >= 0.3 is 0 Å². The van der Waals surface area contributed by atoms with Gasteiger partial charge < -0.3 is 9.88 Å². The summed E-state index contributed by atoms with van der Waals surface area (Å²) in [6.45, 7) is 0.544. The molecule has 0 fully saturated rings. The molecule has 0 radical (unpaired) electrons. The average molecular weight is 401 g/mol. The fourth-order valence-corrected chi connectivity index (χ4v) is 3.05. The third-order valence-electron chi connectivity index (χ3n) is 4.66. The van der Waals surface area contributed by atoms with E-state index >= 15 is 0 Å². The van der Waals surface area contributed by atoms with Crippen molar-refractivity contribution >= 4 is 11.4 Å². The van der Waals surface area contributed by atoms with Crippen LogP contribution < -0.4 is 10.9 Å². The number of nitrogens with zero attached hydrogens (tertiary/aromatic N) is 4. The molecule has 8 heteroatoms. The van der Waals surface area contributed by atoms with Crippen LogP contribution in [0.25, 0.3) is 16.8 Å². The number of carbonyl (C=O) groups excluding carboxylic acids is 1. The first-order valence-corrected chi connectivity index (χ1v) is 9.18. The van der Waals surface area contributed by atoms with Crippen LogP contribution in [0.1, 0.15) is 15.9 Å². The van der Waals surface area contributed by atoms with Crippen LogP contribution in [0.4, 0.5) is 4.39 Å². The van der Waals surface area contributed by atoms with Crippen molar-refractivity contribution in [2.45, 2.75) is 6.54 Å². The lowest BCUT2D eigenvalue weighted by Gasteiger charge is -2.08. The van der Waals surface area contributed by atoms with Gasteiger partial charge in [-0.25, -0.2) is 8.91 Å². The van der Waals surface area contributed by atoms with E-state index < -0.39 is 0 Å². The number of nitrogens with one attached hydrogen (secondary N) is 1. The first-order chi connectivity index (χ1) is 14.5. The second-order valence-corrected chi connectivity index (χ2v) is 6.61. The molecule has 0 unspecified atom stereocenters. The fourth-order valence-electron chi connectivity index (χ4n) is 3.05. The van der Waals surface area contributed by atoms with Crippen molar-refractivity contribution < 1.29 is 9.18 Å². The van der Waals surface area contributed by atoms with Crippen LogP contribution >= 0.6 is 0 Å². The highest BCUT2D eigenvalue weighted by Gasteiger charge is 2.10. The minimum Gasteiger partial charge on any atom is -0.350 e. The van der Waals surface area contributed by atoms with Crippen molar-refractivity contribution in [3.05, 3.63) is 94.3 Å². The Morgan fingerprint density at radius 3 is 2.53 bits per heavy atom. The maximum absolute atomic E-state index is 13.1. The van der Waals surface area contributed by atoms with Crippen LogP contribution in [0.2, 0.25) is 0 Å². The molecule has 4 rings (SSSR count). The summed E-state index contributed by atoms with van der Waals surface area (Å²) in [6.07, 6.45) is 3.26. The lowest BCUT2D eigenvalue weighted by Crippen LogP contribution is -2.31. The SMILES string of the molecule is N#Cc1ccc(C(=O)NCCn2ccn3nc(-c4ccc(F)cc4)cc3c2=O)cc1. The molecule has 2 aromatic carbocycles. The van der Waals surface area contributed by atoms with E-state index in [4.69, 9.17) is 5.26 Å². The number of hydrogen-bond acceptors (Lipinski definition) is 4. The zero-order valence-electron chi connectivity index (χ0n) is 15.7. The molecular formula is C22H16FN5O2. The first-order valence-electron chi connectivity index (χ1n) is 9.18. The number of carbonyl (C=O) groups is 1. The minimum absolute atomic E-state index is 0.244. The van der Waals surface area contributed by atoms with Crippen LogP contribution in [0.15, 0.2) is 71.8 Å². The second kappa shape index (κ2) is 8.01. The number of amides is 1. The molecule has 0 spiro atoms. The molecule has 0 atom stereocenters. The molecule has 30 heavy (non-hydrogen) atoms. The highest BCUT2D eigenvalue weighted by molar-refractivity contribution is 5.94. The molecule has 148 valence electrons. The smallest absolute Gasteiger partial charge is 0.276 e. The molecule has 4 aromatic rings. The van der Waals surface area contributed by atoms with Gasteiger partial charge in [-0.2, -0.15) is 10.4 Å². The summed E-state index contributed by atoms with van der Waals surface area (Å²) >= 11 is 0. The van der Waals surface area contributed by atoms with Crippen LogP contribution in [-0.4, -0.2) is 26.6 Å². The molecular weight excluding hydrogens is 385 g/mol. The molecule has 2 heterocycles. The number of rotatable bonds is 5. The quantitative estimate of drug-likeness (QED) is 0.556. The highest BCUT2D eigenvalue weighted by Crippen LogP contribution is 2.18. The number of fused-ring (bicyclic) bond motifs is 1. The Balaban J connectivity index is 1.47. The Hall–Kier alpha value is -4.25. The van der Waals surface area contributed by atoms with E-state index in [0.29, 0.717) is 27.9 Å². The zero-order valence-corrected chi connectivity index (χ0v) is 15.7. The molecule has 2 aromatic heterocycles. The van der Waals surface area contributed by atoms with Crippen LogP contribution in [0.3, 0.4) is 0 Å². The van der Waals surface area contributed by atoms with Gasteiger partial charge in [0.2, 0.25) is 0 Å². The van der Waals surface area contributed by atoms with Crippen LogP contribution in [0.5, 0.6) is 0 Å². The Morgan fingerprint density at radius 1 is 1.10 bits per heavy atom. The van der Waals surface area contributed by atoms with E-state index in [1.165, 1.54) is 21.2 Å². The minimum atomic E-state index is -0.340. The van der Waals surface area contributed by atoms with Crippen molar-refractivity contribution in [1.29, 1.82) is 5.26 Å². The van der Waals surface area contributed by atoms with Gasteiger partial charge in [0.1, 0.15) is 11.3 Å². The van der Waals surface area contributed by atoms with Gasteiger partial charge in [0, 0.05) is 36.6 Å². The van der Waals surface area contributed by atoms with Crippen molar-refractivity contribution in [2.75, 3.05) is 6.54 Å². The Bertz CT molecular complexity index is 1320. The molecule has 7 nitrogen and oxygen atoms in total. The van der Waals surface area contributed by atoms with E-state index in [1.807, 2.05) is 6.07 Å². The Labute approximate surface area is 170 Å². The van der Waals surface area contributed by atoms with E-state index in [9.17, 15) is 14.0 Å². The van der Waals surface area contributed by atoms with Crippen LogP contribution in [-0.2, 0) is 6.54 Å². The molecule has 0 saturated heterocycles. The van der Waals surface area contributed by atoms with Gasteiger partial charge in [0.05, 0.1) is 17.3 Å². The Morgan fingerprint density at radius 2 is 1.83 bits per heavy atom. The van der Waals surface area contributed by atoms with Gasteiger partial charge in [-0.3, -0.25) is 9.59 Å². The van der Waals surface area contributed by atoms with Crippen LogP contribution in [0, 0.1) is 17.1 Å². The number of nitriles is 1. The largest absolute Gasteiger partial charge is 0.350 e. The molecule has 0 aliphatic carbocycles. The van der Waals surface area contributed by atoms with Gasteiger partial charge in [-0.1, -0.05) is 0 Å². The summed E-state index contributed by atoms with van der Waals surface area (Å²) < 4.78 is 16.1. The maximum atomic E-state index is 13.1. The predicted octanol–water partition coefficient (Wildman–Crippen LogP) is 2.60. The lowest BCUT2D eigenvalue weighted by atomic mass is 10.1. The Kier molecular flexibility index (Phi) is 5.09. The second-order valence-electron chi connectivity index (χ2n) is 6.61. The third-order valence-corrected chi connectivity index (χ3v) is 4.66. The normalized spacial score (nSPS) is 10.7. The number of benzene rings is 2. The summed E-state index contributed by atoms with van der Waals surface area (Å²) in [4.78, 5) is 24.9. The van der Waals surface area contributed by atoms with Gasteiger partial charge in [0.25, 0.3) is 11.5 Å². The van der Waals surface area contributed by atoms with Crippen molar-refractivity contribution in [1.82, 2.24) is 19.5 Å². The fraction of sp³-hybridized carbons (Fsp3) is 0.0909. The highest BCUT2D eigenvalue weighted by atomic mass is 19.1. The molecule has 1 N–H and O–H groups in total. The van der Waals surface area contributed by atoms with Crippen molar-refractivity contribution in [3.63, 3.8) is 0 Å². The first kappa shape index (κ1) is 19.1. The predicted molar refractivity (Wildman–Crippen MR) is 108 cm³/mol.